The van der Waals surface area contributed by atoms with Crippen molar-refractivity contribution in [1.82, 2.24) is 5.32 Å². The van der Waals surface area contributed by atoms with Crippen LogP contribution in [0.5, 0.6) is 0 Å². The first kappa shape index (κ1) is 16.2. The van der Waals surface area contributed by atoms with E-state index in [1.165, 1.54) is 0 Å². The summed E-state index contributed by atoms with van der Waals surface area (Å²) in [6.45, 7) is 4.17. The van der Waals surface area contributed by atoms with Crippen LogP contribution in [-0.2, 0) is 4.79 Å². The molecule has 1 atom stereocenters. The SMILES string of the molecule is CC(C)CC(O)c1ccc(C(=O)NCCC(=O)O)cc1. The number of nitrogens with one attached hydrogen (secondary N) is 1. The molecule has 1 rings (SSSR count). The van der Waals surface area contributed by atoms with Crippen molar-refractivity contribution in [2.24, 2.45) is 5.92 Å². The zero-order valence-corrected chi connectivity index (χ0v) is 11.8. The minimum absolute atomic E-state index is 0.100. The molecule has 0 aliphatic heterocycles. The highest BCUT2D eigenvalue weighted by atomic mass is 16.4. The largest absolute Gasteiger partial charge is 0.481 e. The maximum Gasteiger partial charge on any atom is 0.305 e. The summed E-state index contributed by atoms with van der Waals surface area (Å²) in [4.78, 5) is 22.1. The first-order valence-electron chi connectivity index (χ1n) is 6.68. The van der Waals surface area contributed by atoms with E-state index in [4.69, 9.17) is 5.11 Å². The van der Waals surface area contributed by atoms with Crippen molar-refractivity contribution in [1.29, 1.82) is 0 Å². The number of amides is 1. The smallest absolute Gasteiger partial charge is 0.305 e. The Labute approximate surface area is 118 Å². The maximum atomic E-state index is 11.7. The average Bonchev–Trinajstić information content (AvgIpc) is 2.37. The number of hydrogen-bond donors (Lipinski definition) is 3. The quantitative estimate of drug-likeness (QED) is 0.712. The molecule has 1 amide bonds. The van der Waals surface area contributed by atoms with Crippen molar-refractivity contribution in [3.63, 3.8) is 0 Å². The lowest BCUT2D eigenvalue weighted by Crippen LogP contribution is -2.25. The van der Waals surface area contributed by atoms with Gasteiger partial charge < -0.3 is 15.5 Å². The molecule has 5 heteroatoms. The molecule has 20 heavy (non-hydrogen) atoms. The fourth-order valence-electron chi connectivity index (χ4n) is 1.82. The topological polar surface area (TPSA) is 86.6 Å². The molecule has 0 saturated carbocycles. The monoisotopic (exact) mass is 279 g/mol. The van der Waals surface area contributed by atoms with Crippen LogP contribution in [0.25, 0.3) is 0 Å². The number of carbonyl (C=O) groups is 2. The minimum Gasteiger partial charge on any atom is -0.481 e. The van der Waals surface area contributed by atoms with E-state index in [0.29, 0.717) is 17.9 Å². The second-order valence-corrected chi connectivity index (χ2v) is 5.17. The standard InChI is InChI=1S/C15H21NO4/c1-10(2)9-13(17)11-3-5-12(6-4-11)15(20)16-8-7-14(18)19/h3-6,10,13,17H,7-9H2,1-2H3,(H,16,20)(H,18,19). The van der Waals surface area contributed by atoms with E-state index < -0.39 is 12.1 Å². The normalized spacial score (nSPS) is 12.2. The van der Waals surface area contributed by atoms with E-state index in [1.54, 1.807) is 24.3 Å². The Kier molecular flexibility index (Phi) is 6.18. The van der Waals surface area contributed by atoms with Gasteiger partial charge in [-0.25, -0.2) is 0 Å². The lowest BCUT2D eigenvalue weighted by molar-refractivity contribution is -0.136. The van der Waals surface area contributed by atoms with E-state index in [9.17, 15) is 14.7 Å². The van der Waals surface area contributed by atoms with Gasteiger partial charge in [0.15, 0.2) is 0 Å². The van der Waals surface area contributed by atoms with E-state index in [1.807, 2.05) is 13.8 Å². The van der Waals surface area contributed by atoms with Gasteiger partial charge in [-0.3, -0.25) is 9.59 Å². The number of aliphatic carboxylic acids is 1. The third kappa shape index (κ3) is 5.40. The van der Waals surface area contributed by atoms with Crippen molar-refractivity contribution in [2.45, 2.75) is 32.8 Å². The van der Waals surface area contributed by atoms with Crippen molar-refractivity contribution in [2.75, 3.05) is 6.54 Å². The molecule has 0 radical (unpaired) electrons. The molecular weight excluding hydrogens is 258 g/mol. The third-order valence-electron chi connectivity index (χ3n) is 2.88. The molecular formula is C15H21NO4. The number of carboxylic acid groups (broad SMARTS) is 1. The van der Waals surface area contributed by atoms with Crippen molar-refractivity contribution >= 4 is 11.9 Å². The molecule has 0 aromatic heterocycles. The fourth-order valence-corrected chi connectivity index (χ4v) is 1.82. The van der Waals surface area contributed by atoms with Gasteiger partial charge in [0.2, 0.25) is 0 Å². The molecule has 0 fully saturated rings. The predicted octanol–water partition coefficient (Wildman–Crippen LogP) is 1.97. The Bertz CT molecular complexity index is 453. The van der Waals surface area contributed by atoms with Gasteiger partial charge in [-0.15, -0.1) is 0 Å². The van der Waals surface area contributed by atoms with Crippen LogP contribution >= 0.6 is 0 Å². The molecule has 0 saturated heterocycles. The van der Waals surface area contributed by atoms with Gasteiger partial charge in [-0.2, -0.15) is 0 Å². The van der Waals surface area contributed by atoms with Crippen LogP contribution in [0.3, 0.4) is 0 Å². The molecule has 1 unspecified atom stereocenters. The Balaban J connectivity index is 2.57. The Morgan fingerprint density at radius 2 is 1.80 bits per heavy atom. The summed E-state index contributed by atoms with van der Waals surface area (Å²) in [5, 5.41) is 21.0. The van der Waals surface area contributed by atoms with Gasteiger partial charge in [0, 0.05) is 12.1 Å². The van der Waals surface area contributed by atoms with E-state index >= 15 is 0 Å². The van der Waals surface area contributed by atoms with Crippen LogP contribution in [0.2, 0.25) is 0 Å². The molecule has 1 aromatic rings. The summed E-state index contributed by atoms with van der Waals surface area (Å²) in [6, 6.07) is 6.71. The lowest BCUT2D eigenvalue weighted by Gasteiger charge is -2.13. The number of aliphatic hydroxyl groups excluding tert-OH is 1. The van der Waals surface area contributed by atoms with Crippen LogP contribution in [0.4, 0.5) is 0 Å². The summed E-state index contributed by atoms with van der Waals surface area (Å²) in [5.74, 6) is -0.863. The van der Waals surface area contributed by atoms with E-state index in [-0.39, 0.29) is 18.9 Å². The van der Waals surface area contributed by atoms with Gasteiger partial charge in [-0.05, 0) is 30.0 Å². The number of hydrogen-bond acceptors (Lipinski definition) is 3. The molecule has 0 spiro atoms. The van der Waals surface area contributed by atoms with Crippen LogP contribution in [0, 0.1) is 5.92 Å². The van der Waals surface area contributed by atoms with Gasteiger partial charge in [0.25, 0.3) is 5.91 Å². The lowest BCUT2D eigenvalue weighted by atomic mass is 9.99. The molecule has 3 N–H and O–H groups in total. The van der Waals surface area contributed by atoms with Gasteiger partial charge in [-0.1, -0.05) is 26.0 Å². The molecule has 0 bridgehead atoms. The maximum absolute atomic E-state index is 11.7. The highest BCUT2D eigenvalue weighted by Crippen LogP contribution is 2.21. The molecule has 0 aliphatic carbocycles. The van der Waals surface area contributed by atoms with Gasteiger partial charge in [0.05, 0.1) is 12.5 Å². The highest BCUT2D eigenvalue weighted by molar-refractivity contribution is 5.94. The summed E-state index contributed by atoms with van der Waals surface area (Å²) in [7, 11) is 0. The second kappa shape index (κ2) is 7.65. The van der Waals surface area contributed by atoms with E-state index in [2.05, 4.69) is 5.32 Å². The minimum atomic E-state index is -0.947. The van der Waals surface area contributed by atoms with Crippen LogP contribution in [0.1, 0.15) is 48.7 Å². The molecule has 0 heterocycles. The number of carbonyl (C=O) groups excluding carboxylic acids is 1. The first-order chi connectivity index (χ1) is 9.40. The predicted molar refractivity (Wildman–Crippen MR) is 75.4 cm³/mol. The third-order valence-corrected chi connectivity index (χ3v) is 2.88. The molecule has 110 valence electrons. The number of benzene rings is 1. The zero-order chi connectivity index (χ0) is 15.1. The number of aliphatic hydroxyl groups is 1. The first-order valence-corrected chi connectivity index (χ1v) is 6.68. The second-order valence-electron chi connectivity index (χ2n) is 5.17. The summed E-state index contributed by atoms with van der Waals surface area (Å²) in [6.07, 6.45) is 0.0419. The highest BCUT2D eigenvalue weighted by Gasteiger charge is 2.11. The van der Waals surface area contributed by atoms with Gasteiger partial charge in [0.1, 0.15) is 0 Å². The van der Waals surface area contributed by atoms with Crippen molar-refractivity contribution in [3.05, 3.63) is 35.4 Å². The van der Waals surface area contributed by atoms with Gasteiger partial charge >= 0.3 is 5.97 Å². The molecule has 0 aliphatic rings. The van der Waals surface area contributed by atoms with Crippen molar-refractivity contribution in [3.8, 4) is 0 Å². The Morgan fingerprint density at radius 3 is 2.30 bits per heavy atom. The van der Waals surface area contributed by atoms with Crippen LogP contribution in [0.15, 0.2) is 24.3 Å². The zero-order valence-electron chi connectivity index (χ0n) is 11.8. The van der Waals surface area contributed by atoms with Crippen molar-refractivity contribution < 1.29 is 19.8 Å². The number of carboxylic acids is 1. The molecule has 5 nitrogen and oxygen atoms in total. The fraction of sp³-hybridized carbons (Fsp3) is 0.467. The number of rotatable bonds is 7. The summed E-state index contributed by atoms with van der Waals surface area (Å²) >= 11 is 0. The van der Waals surface area contributed by atoms with E-state index in [0.717, 1.165) is 5.56 Å². The van der Waals surface area contributed by atoms with Crippen LogP contribution in [-0.4, -0.2) is 28.6 Å². The summed E-state index contributed by atoms with van der Waals surface area (Å²) < 4.78 is 0. The molecule has 1 aromatic carbocycles. The Hall–Kier alpha value is -1.88. The summed E-state index contributed by atoms with van der Waals surface area (Å²) in [5.41, 5.74) is 1.23. The van der Waals surface area contributed by atoms with Crippen LogP contribution < -0.4 is 5.32 Å². The average molecular weight is 279 g/mol. The Morgan fingerprint density at radius 1 is 1.20 bits per heavy atom.